The first-order valence-corrected chi connectivity index (χ1v) is 6.97. The van der Waals surface area contributed by atoms with Gasteiger partial charge in [0.25, 0.3) is 5.95 Å². The van der Waals surface area contributed by atoms with Crippen LogP contribution in [0.4, 0.5) is 5.95 Å². The largest absolute Gasteiger partial charge is 0.338 e. The van der Waals surface area contributed by atoms with Gasteiger partial charge in [-0.1, -0.05) is 24.3 Å². The quantitative estimate of drug-likeness (QED) is 0.910. The Morgan fingerprint density at radius 2 is 2.00 bits per heavy atom. The van der Waals surface area contributed by atoms with Crippen LogP contribution < -0.4 is 4.72 Å². The Hall–Kier alpha value is -1.89. The van der Waals surface area contributed by atoms with Crippen molar-refractivity contribution in [3.05, 3.63) is 41.3 Å². The first-order chi connectivity index (χ1) is 8.46. The highest BCUT2D eigenvalue weighted by molar-refractivity contribution is 7.91. The Morgan fingerprint density at radius 1 is 1.28 bits per heavy atom. The summed E-state index contributed by atoms with van der Waals surface area (Å²) in [5, 5.41) is 3.49. The molecule has 0 aliphatic rings. The number of aryl methyl sites for hydroxylation is 2. The number of hydrogen-bond acceptors (Lipinski definition) is 5. The van der Waals surface area contributed by atoms with Gasteiger partial charge in [-0.15, -0.1) is 0 Å². The molecule has 0 aliphatic heterocycles. The number of nitrogens with zero attached hydrogens (tertiary/aromatic N) is 2. The van der Waals surface area contributed by atoms with Crippen molar-refractivity contribution in [2.75, 3.05) is 4.72 Å². The summed E-state index contributed by atoms with van der Waals surface area (Å²) in [5.74, 6) is 0.150. The Morgan fingerprint density at radius 3 is 2.61 bits per heavy atom. The van der Waals surface area contributed by atoms with Crippen molar-refractivity contribution in [3.63, 3.8) is 0 Å². The average Bonchev–Trinajstić information content (AvgIpc) is 2.66. The molecule has 18 heavy (non-hydrogen) atoms. The highest BCUT2D eigenvalue weighted by Gasteiger charge is 2.15. The Labute approximate surface area is 105 Å². The van der Waals surface area contributed by atoms with Gasteiger partial charge in [0.05, 0.1) is 5.75 Å². The Bertz CT molecular complexity index is 649. The molecule has 1 heterocycles. The standard InChI is InChI=1S/C11H13N3O3S/c1-8-5-3-4-6-10(8)7-18(15,16)14-11-12-9(2)17-13-11/h3-6H,7H2,1-2H3,(H,13,14). The molecular weight excluding hydrogens is 254 g/mol. The van der Waals surface area contributed by atoms with Gasteiger partial charge in [0.1, 0.15) is 0 Å². The van der Waals surface area contributed by atoms with Gasteiger partial charge in [-0.2, -0.15) is 4.98 Å². The van der Waals surface area contributed by atoms with E-state index in [-0.39, 0.29) is 11.7 Å². The van der Waals surface area contributed by atoms with Crippen molar-refractivity contribution < 1.29 is 12.9 Å². The monoisotopic (exact) mass is 267 g/mol. The van der Waals surface area contributed by atoms with Crippen LogP contribution in [0.2, 0.25) is 0 Å². The van der Waals surface area contributed by atoms with Gasteiger partial charge in [0, 0.05) is 6.92 Å². The maximum absolute atomic E-state index is 11.9. The molecule has 2 aromatic rings. The van der Waals surface area contributed by atoms with Crippen molar-refractivity contribution in [1.82, 2.24) is 10.1 Å². The molecule has 96 valence electrons. The summed E-state index contributed by atoms with van der Waals surface area (Å²) in [4.78, 5) is 3.79. The summed E-state index contributed by atoms with van der Waals surface area (Å²) in [6.45, 7) is 3.45. The number of anilines is 1. The zero-order valence-electron chi connectivity index (χ0n) is 10.0. The molecular formula is C11H13N3O3S. The van der Waals surface area contributed by atoms with E-state index in [9.17, 15) is 8.42 Å². The third-order valence-electron chi connectivity index (χ3n) is 2.38. The highest BCUT2D eigenvalue weighted by Crippen LogP contribution is 2.13. The maximum atomic E-state index is 11.9. The minimum absolute atomic E-state index is 0.0407. The molecule has 0 bridgehead atoms. The summed E-state index contributed by atoms with van der Waals surface area (Å²) in [6, 6.07) is 7.30. The topological polar surface area (TPSA) is 85.1 Å². The van der Waals surface area contributed by atoms with Crippen LogP contribution in [0.5, 0.6) is 0 Å². The highest BCUT2D eigenvalue weighted by atomic mass is 32.2. The lowest BCUT2D eigenvalue weighted by atomic mass is 10.1. The molecule has 2 rings (SSSR count). The van der Waals surface area contributed by atoms with E-state index in [0.717, 1.165) is 11.1 Å². The van der Waals surface area contributed by atoms with Crippen molar-refractivity contribution in [2.45, 2.75) is 19.6 Å². The smallest absolute Gasteiger partial charge is 0.277 e. The molecule has 0 radical (unpaired) electrons. The average molecular weight is 267 g/mol. The molecule has 0 spiro atoms. The normalized spacial score (nSPS) is 11.4. The zero-order chi connectivity index (χ0) is 13.2. The van der Waals surface area contributed by atoms with Crippen molar-refractivity contribution in [1.29, 1.82) is 0 Å². The molecule has 0 amide bonds. The van der Waals surface area contributed by atoms with Gasteiger partial charge in [0.2, 0.25) is 15.9 Å². The third-order valence-corrected chi connectivity index (χ3v) is 3.57. The minimum Gasteiger partial charge on any atom is -0.338 e. The number of hydrogen-bond donors (Lipinski definition) is 1. The van der Waals surface area contributed by atoms with Crippen LogP contribution in [0, 0.1) is 13.8 Å². The molecule has 1 aromatic heterocycles. The molecule has 0 saturated heterocycles. The van der Waals surface area contributed by atoms with Gasteiger partial charge in [0.15, 0.2) is 0 Å². The van der Waals surface area contributed by atoms with E-state index in [4.69, 9.17) is 4.52 Å². The lowest BCUT2D eigenvalue weighted by molar-refractivity contribution is 0.395. The van der Waals surface area contributed by atoms with E-state index in [1.807, 2.05) is 19.1 Å². The molecule has 7 heteroatoms. The first-order valence-electron chi connectivity index (χ1n) is 5.31. The van der Waals surface area contributed by atoms with E-state index < -0.39 is 10.0 Å². The summed E-state index contributed by atoms with van der Waals surface area (Å²) in [7, 11) is -3.53. The molecule has 0 unspecified atom stereocenters. The van der Waals surface area contributed by atoms with Gasteiger partial charge in [-0.25, -0.2) is 13.1 Å². The second kappa shape index (κ2) is 4.77. The number of benzene rings is 1. The molecule has 6 nitrogen and oxygen atoms in total. The second-order valence-corrected chi connectivity index (χ2v) is 5.65. The van der Waals surface area contributed by atoms with Crippen molar-refractivity contribution >= 4 is 16.0 Å². The lowest BCUT2D eigenvalue weighted by Crippen LogP contribution is -2.16. The third kappa shape index (κ3) is 3.07. The van der Waals surface area contributed by atoms with Gasteiger partial charge >= 0.3 is 0 Å². The number of nitrogens with one attached hydrogen (secondary N) is 1. The van der Waals surface area contributed by atoms with E-state index in [2.05, 4.69) is 14.9 Å². The fourth-order valence-electron chi connectivity index (χ4n) is 1.49. The number of aromatic nitrogens is 2. The second-order valence-electron chi connectivity index (χ2n) is 3.92. The van der Waals surface area contributed by atoms with E-state index in [1.54, 1.807) is 19.1 Å². The predicted octanol–water partition coefficient (Wildman–Crippen LogP) is 1.63. The molecule has 0 saturated carbocycles. The first kappa shape index (κ1) is 12.6. The van der Waals surface area contributed by atoms with Crippen LogP contribution in [-0.4, -0.2) is 18.6 Å². The molecule has 0 fully saturated rings. The van der Waals surface area contributed by atoms with E-state index in [0.29, 0.717) is 5.89 Å². The predicted molar refractivity (Wildman–Crippen MR) is 66.5 cm³/mol. The van der Waals surface area contributed by atoms with E-state index >= 15 is 0 Å². The lowest BCUT2D eigenvalue weighted by Gasteiger charge is -2.06. The molecule has 0 aliphatic carbocycles. The minimum atomic E-state index is -3.53. The number of rotatable bonds is 4. The molecule has 1 aromatic carbocycles. The fraction of sp³-hybridized carbons (Fsp3) is 0.273. The van der Waals surface area contributed by atoms with Crippen molar-refractivity contribution in [2.24, 2.45) is 0 Å². The summed E-state index contributed by atoms with van der Waals surface area (Å²) in [6.07, 6.45) is 0. The van der Waals surface area contributed by atoms with Crippen molar-refractivity contribution in [3.8, 4) is 0 Å². The van der Waals surface area contributed by atoms with Crippen LogP contribution in [0.1, 0.15) is 17.0 Å². The summed E-state index contributed by atoms with van der Waals surface area (Å²) in [5.41, 5.74) is 1.66. The molecule has 1 N–H and O–H groups in total. The fourth-order valence-corrected chi connectivity index (χ4v) is 2.66. The Kier molecular flexibility index (Phi) is 3.33. The van der Waals surface area contributed by atoms with Gasteiger partial charge in [-0.05, 0) is 23.2 Å². The van der Waals surface area contributed by atoms with Gasteiger partial charge in [-0.3, -0.25) is 0 Å². The van der Waals surface area contributed by atoms with Crippen LogP contribution in [0.15, 0.2) is 28.8 Å². The zero-order valence-corrected chi connectivity index (χ0v) is 10.9. The molecule has 0 atom stereocenters. The summed E-state index contributed by atoms with van der Waals surface area (Å²) >= 11 is 0. The van der Waals surface area contributed by atoms with E-state index in [1.165, 1.54) is 0 Å². The van der Waals surface area contributed by atoms with Crippen LogP contribution >= 0.6 is 0 Å². The summed E-state index contributed by atoms with van der Waals surface area (Å²) < 4.78 is 30.8. The van der Waals surface area contributed by atoms with Crippen LogP contribution in [0.3, 0.4) is 0 Å². The Balaban J connectivity index is 2.15. The maximum Gasteiger partial charge on any atom is 0.277 e. The van der Waals surface area contributed by atoms with Crippen LogP contribution in [0.25, 0.3) is 0 Å². The SMILES string of the molecule is Cc1nc(NS(=O)(=O)Cc2ccccc2C)no1. The van der Waals surface area contributed by atoms with Gasteiger partial charge < -0.3 is 4.52 Å². The number of sulfonamides is 1. The van der Waals surface area contributed by atoms with Crippen LogP contribution in [-0.2, 0) is 15.8 Å².